The molecule has 0 aliphatic heterocycles. The van der Waals surface area contributed by atoms with Gasteiger partial charge in [0, 0.05) is 11.1 Å². The third-order valence-corrected chi connectivity index (χ3v) is 5.00. The number of benzene rings is 1. The predicted molar refractivity (Wildman–Crippen MR) is 84.7 cm³/mol. The molecule has 1 rings (SSSR count). The van der Waals surface area contributed by atoms with Gasteiger partial charge in [0.15, 0.2) is 11.5 Å². The zero-order valence-corrected chi connectivity index (χ0v) is 14.7. The van der Waals surface area contributed by atoms with E-state index >= 15 is 0 Å². The smallest absolute Gasteiger partial charge is 0.165 e. The van der Waals surface area contributed by atoms with Crippen molar-refractivity contribution in [3.8, 4) is 11.5 Å². The number of rotatable bonds is 7. The minimum absolute atomic E-state index is 0.0381. The van der Waals surface area contributed by atoms with E-state index in [9.17, 15) is 18.1 Å². The van der Waals surface area contributed by atoms with Crippen LogP contribution in [0.3, 0.4) is 0 Å². The van der Waals surface area contributed by atoms with Crippen molar-refractivity contribution in [2.24, 2.45) is 0 Å². The molecule has 1 unspecified atom stereocenters. The van der Waals surface area contributed by atoms with Gasteiger partial charge in [-0.25, -0.2) is 8.42 Å². The van der Waals surface area contributed by atoms with Crippen LogP contribution in [-0.4, -0.2) is 25.2 Å². The summed E-state index contributed by atoms with van der Waals surface area (Å²) in [5, 5.41) is 10.5. The number of methoxy groups -OCH3 is 1. The number of phenolic OH excluding ortho intramolecular Hbond substituents is 1. The topological polar surface area (TPSA) is 86.7 Å². The van der Waals surface area contributed by atoms with Crippen LogP contribution in [-0.2, 0) is 23.0 Å². The SMILES string of the molecule is CCCc1c(O)c(OC)c(CC)c(S(=O)(=O)[O-])c1C(C)CC. The highest BCUT2D eigenvalue weighted by molar-refractivity contribution is 7.85. The Kier molecular flexibility index (Phi) is 6.26. The molecule has 5 nitrogen and oxygen atoms in total. The first-order chi connectivity index (χ1) is 10.2. The van der Waals surface area contributed by atoms with E-state index in [1.807, 2.05) is 20.8 Å². The molecule has 0 aliphatic rings. The first kappa shape index (κ1) is 18.8. The summed E-state index contributed by atoms with van der Waals surface area (Å²) in [4.78, 5) is -0.206. The van der Waals surface area contributed by atoms with Crippen LogP contribution in [0.1, 0.15) is 63.1 Å². The van der Waals surface area contributed by atoms with Crippen molar-refractivity contribution in [1.82, 2.24) is 0 Å². The fourth-order valence-electron chi connectivity index (χ4n) is 2.87. The fourth-order valence-corrected chi connectivity index (χ4v) is 4.00. The molecule has 0 aromatic heterocycles. The lowest BCUT2D eigenvalue weighted by molar-refractivity contribution is 0.362. The second-order valence-electron chi connectivity index (χ2n) is 5.45. The maximum atomic E-state index is 11.9. The molecule has 0 saturated carbocycles. The van der Waals surface area contributed by atoms with Crippen molar-refractivity contribution in [3.63, 3.8) is 0 Å². The lowest BCUT2D eigenvalue weighted by Gasteiger charge is -2.27. The Morgan fingerprint density at radius 1 is 1.23 bits per heavy atom. The highest BCUT2D eigenvalue weighted by Crippen LogP contribution is 2.45. The minimum Gasteiger partial charge on any atom is -0.744 e. The van der Waals surface area contributed by atoms with Crippen molar-refractivity contribution in [1.29, 1.82) is 0 Å². The maximum Gasteiger partial charge on any atom is 0.165 e. The molecular weight excluding hydrogens is 304 g/mol. The van der Waals surface area contributed by atoms with Crippen LogP contribution in [0.25, 0.3) is 0 Å². The van der Waals surface area contributed by atoms with Gasteiger partial charge in [0.25, 0.3) is 0 Å². The quantitative estimate of drug-likeness (QED) is 0.775. The Labute approximate surface area is 133 Å². The highest BCUT2D eigenvalue weighted by Gasteiger charge is 2.28. The van der Waals surface area contributed by atoms with Gasteiger partial charge in [0.1, 0.15) is 10.1 Å². The van der Waals surface area contributed by atoms with Crippen LogP contribution in [0.2, 0.25) is 0 Å². The molecule has 22 heavy (non-hydrogen) atoms. The summed E-state index contributed by atoms with van der Waals surface area (Å²) >= 11 is 0. The molecule has 0 bridgehead atoms. The molecule has 0 saturated heterocycles. The van der Waals surface area contributed by atoms with Crippen molar-refractivity contribution in [2.75, 3.05) is 7.11 Å². The largest absolute Gasteiger partial charge is 0.744 e. The number of phenols is 1. The lowest BCUT2D eigenvalue weighted by Crippen LogP contribution is -2.14. The van der Waals surface area contributed by atoms with Crippen LogP contribution in [0.4, 0.5) is 0 Å². The summed E-state index contributed by atoms with van der Waals surface area (Å²) in [6, 6.07) is 0. The first-order valence-corrected chi connectivity index (χ1v) is 9.05. The van der Waals surface area contributed by atoms with Gasteiger partial charge in [-0.3, -0.25) is 0 Å². The average Bonchev–Trinajstić information content (AvgIpc) is 2.46. The third kappa shape index (κ3) is 3.38. The number of ether oxygens (including phenoxy) is 1. The second-order valence-corrected chi connectivity index (χ2v) is 6.77. The number of hydrogen-bond acceptors (Lipinski definition) is 5. The van der Waals surface area contributed by atoms with Gasteiger partial charge < -0.3 is 14.4 Å². The van der Waals surface area contributed by atoms with Gasteiger partial charge in [-0.15, -0.1) is 0 Å². The molecule has 1 atom stereocenters. The van der Waals surface area contributed by atoms with Crippen molar-refractivity contribution >= 4 is 10.1 Å². The Morgan fingerprint density at radius 3 is 2.18 bits per heavy atom. The molecule has 1 aromatic carbocycles. The molecule has 0 aliphatic carbocycles. The monoisotopic (exact) mass is 329 g/mol. The fraction of sp³-hybridized carbons (Fsp3) is 0.625. The summed E-state index contributed by atoms with van der Waals surface area (Å²) in [7, 11) is -3.29. The summed E-state index contributed by atoms with van der Waals surface area (Å²) < 4.78 is 40.9. The Morgan fingerprint density at radius 2 is 1.82 bits per heavy atom. The van der Waals surface area contributed by atoms with Gasteiger partial charge in [-0.05, 0) is 30.7 Å². The van der Waals surface area contributed by atoms with E-state index in [4.69, 9.17) is 4.74 Å². The van der Waals surface area contributed by atoms with E-state index in [-0.39, 0.29) is 27.9 Å². The molecule has 1 N–H and O–H groups in total. The molecular formula is C16H25O5S-. The van der Waals surface area contributed by atoms with E-state index in [1.54, 1.807) is 6.92 Å². The molecule has 0 fully saturated rings. The first-order valence-electron chi connectivity index (χ1n) is 7.64. The van der Waals surface area contributed by atoms with Crippen LogP contribution < -0.4 is 4.74 Å². The van der Waals surface area contributed by atoms with Crippen LogP contribution in [0.5, 0.6) is 11.5 Å². The summed E-state index contributed by atoms with van der Waals surface area (Å²) in [6.45, 7) is 7.47. The van der Waals surface area contributed by atoms with Gasteiger partial charge in [-0.2, -0.15) is 0 Å². The molecule has 0 spiro atoms. The normalized spacial score (nSPS) is 13.2. The van der Waals surface area contributed by atoms with Gasteiger partial charge in [0.05, 0.1) is 12.0 Å². The lowest BCUT2D eigenvalue weighted by atomic mass is 9.88. The highest BCUT2D eigenvalue weighted by atomic mass is 32.2. The Bertz CT molecular complexity index is 635. The minimum atomic E-state index is -4.66. The predicted octanol–water partition coefficient (Wildman–Crippen LogP) is 3.33. The van der Waals surface area contributed by atoms with E-state index in [0.717, 1.165) is 6.42 Å². The summed E-state index contributed by atoms with van der Waals surface area (Å²) in [5.74, 6) is -0.0706. The van der Waals surface area contributed by atoms with E-state index < -0.39 is 10.1 Å². The molecule has 0 radical (unpaired) electrons. The molecule has 6 heteroatoms. The van der Waals surface area contributed by atoms with E-state index in [2.05, 4.69) is 0 Å². The van der Waals surface area contributed by atoms with Crippen LogP contribution in [0, 0.1) is 0 Å². The third-order valence-electron chi connectivity index (χ3n) is 4.03. The average molecular weight is 329 g/mol. The van der Waals surface area contributed by atoms with E-state index in [1.165, 1.54) is 7.11 Å². The van der Waals surface area contributed by atoms with Gasteiger partial charge in [0.2, 0.25) is 0 Å². The van der Waals surface area contributed by atoms with Crippen molar-refractivity contribution in [2.45, 2.75) is 64.2 Å². The van der Waals surface area contributed by atoms with Crippen LogP contribution in [0.15, 0.2) is 4.90 Å². The molecule has 126 valence electrons. The molecule has 1 aromatic rings. The van der Waals surface area contributed by atoms with E-state index in [0.29, 0.717) is 30.4 Å². The molecule has 0 heterocycles. The zero-order chi connectivity index (χ0) is 17.1. The standard InChI is InChI=1S/C16H26O5S/c1-6-9-12-13(10(4)7-2)16(22(18,19)20)11(8-3)15(21-5)14(12)17/h10,17H,6-9H2,1-5H3,(H,18,19,20)/p-1. The Hall–Kier alpha value is -1.27. The zero-order valence-electron chi connectivity index (χ0n) is 13.9. The Balaban J connectivity index is 4.02. The van der Waals surface area contributed by atoms with Gasteiger partial charge >= 0.3 is 0 Å². The maximum absolute atomic E-state index is 11.9. The van der Waals surface area contributed by atoms with Crippen molar-refractivity contribution in [3.05, 3.63) is 16.7 Å². The summed E-state index contributed by atoms with van der Waals surface area (Å²) in [5.41, 5.74) is 1.24. The van der Waals surface area contributed by atoms with Crippen molar-refractivity contribution < 1.29 is 22.8 Å². The molecule has 0 amide bonds. The number of aromatic hydroxyl groups is 1. The summed E-state index contributed by atoms with van der Waals surface area (Å²) in [6.07, 6.45) is 2.19. The number of hydrogen-bond donors (Lipinski definition) is 1. The van der Waals surface area contributed by atoms with Gasteiger partial charge in [-0.1, -0.05) is 34.1 Å². The second kappa shape index (κ2) is 7.33. The van der Waals surface area contributed by atoms with Crippen LogP contribution >= 0.6 is 0 Å².